The zero-order chi connectivity index (χ0) is 14.2. The van der Waals surface area contributed by atoms with Crippen molar-refractivity contribution >= 4 is 5.91 Å². The largest absolute Gasteiger partial charge is 0.454 e. The van der Waals surface area contributed by atoms with Gasteiger partial charge < -0.3 is 14.4 Å². The minimum Gasteiger partial charge on any atom is -0.454 e. The monoisotopic (exact) mass is 286 g/mol. The van der Waals surface area contributed by atoms with Gasteiger partial charge in [-0.25, -0.2) is 4.68 Å². The summed E-state index contributed by atoms with van der Waals surface area (Å²) in [6.45, 7) is 1.58. The van der Waals surface area contributed by atoms with E-state index in [-0.39, 0.29) is 18.7 Å². The van der Waals surface area contributed by atoms with Crippen molar-refractivity contribution in [2.24, 2.45) is 0 Å². The Morgan fingerprint density at radius 1 is 1.29 bits per heavy atom. The number of hydrogen-bond acceptors (Lipinski definition) is 5. The standard InChI is InChI=1S/C14H14N4O3/c19-14(10-1-2-12-13(7-10)21-9-20-12)17-5-3-11(8-17)18-6-4-15-16-18/h1-2,4,6-7,11H,3,5,8-9H2. The molecule has 0 aliphatic carbocycles. The van der Waals surface area contributed by atoms with Crippen molar-refractivity contribution < 1.29 is 14.3 Å². The van der Waals surface area contributed by atoms with Crippen LogP contribution in [0.4, 0.5) is 0 Å². The zero-order valence-electron chi connectivity index (χ0n) is 11.3. The number of hydrogen-bond donors (Lipinski definition) is 0. The molecule has 1 saturated heterocycles. The van der Waals surface area contributed by atoms with Crippen LogP contribution < -0.4 is 9.47 Å². The van der Waals surface area contributed by atoms with Crippen LogP contribution in [0.2, 0.25) is 0 Å². The average Bonchev–Trinajstić information content (AvgIpc) is 3.24. The summed E-state index contributed by atoms with van der Waals surface area (Å²) >= 11 is 0. The van der Waals surface area contributed by atoms with Crippen molar-refractivity contribution in [1.29, 1.82) is 0 Å². The topological polar surface area (TPSA) is 69.5 Å². The third-order valence-corrected chi connectivity index (χ3v) is 3.89. The van der Waals surface area contributed by atoms with Crippen LogP contribution in [0, 0.1) is 0 Å². The van der Waals surface area contributed by atoms with E-state index in [0.717, 1.165) is 13.0 Å². The maximum absolute atomic E-state index is 12.5. The van der Waals surface area contributed by atoms with Gasteiger partial charge in [-0.1, -0.05) is 5.21 Å². The molecule has 0 bridgehead atoms. The molecule has 0 saturated carbocycles. The van der Waals surface area contributed by atoms with E-state index in [0.29, 0.717) is 23.6 Å². The molecule has 1 unspecified atom stereocenters. The van der Waals surface area contributed by atoms with Crippen LogP contribution in [0.1, 0.15) is 22.8 Å². The number of ether oxygens (including phenoxy) is 2. The summed E-state index contributed by atoms with van der Waals surface area (Å²) in [7, 11) is 0. The maximum atomic E-state index is 12.5. The highest BCUT2D eigenvalue weighted by Crippen LogP contribution is 2.33. The normalized spacial score (nSPS) is 20.0. The lowest BCUT2D eigenvalue weighted by molar-refractivity contribution is 0.0786. The molecule has 7 heteroatoms. The average molecular weight is 286 g/mol. The van der Waals surface area contributed by atoms with Crippen LogP contribution in [-0.4, -0.2) is 45.7 Å². The predicted octanol–water partition coefficient (Wildman–Crippen LogP) is 1.09. The van der Waals surface area contributed by atoms with Crippen LogP contribution in [0.3, 0.4) is 0 Å². The predicted molar refractivity (Wildman–Crippen MR) is 72.1 cm³/mol. The second kappa shape index (κ2) is 4.76. The number of carbonyl (C=O) groups is 1. The lowest BCUT2D eigenvalue weighted by atomic mass is 10.2. The fourth-order valence-corrected chi connectivity index (χ4v) is 2.77. The summed E-state index contributed by atoms with van der Waals surface area (Å²) in [4.78, 5) is 14.4. The van der Waals surface area contributed by atoms with E-state index in [1.54, 1.807) is 24.4 Å². The Morgan fingerprint density at radius 3 is 3.05 bits per heavy atom. The molecule has 108 valence electrons. The van der Waals surface area contributed by atoms with E-state index in [1.807, 2.05) is 15.8 Å². The molecule has 0 N–H and O–H groups in total. The highest BCUT2D eigenvalue weighted by Gasteiger charge is 2.29. The van der Waals surface area contributed by atoms with Gasteiger partial charge >= 0.3 is 0 Å². The molecule has 1 fully saturated rings. The molecule has 1 atom stereocenters. The first-order valence-electron chi connectivity index (χ1n) is 6.86. The first kappa shape index (κ1) is 12.2. The number of rotatable bonds is 2. The number of carbonyl (C=O) groups excluding carboxylic acids is 1. The van der Waals surface area contributed by atoms with Crippen LogP contribution in [-0.2, 0) is 0 Å². The van der Waals surface area contributed by atoms with Gasteiger partial charge in [-0.15, -0.1) is 5.10 Å². The summed E-state index contributed by atoms with van der Waals surface area (Å²) in [6, 6.07) is 5.50. The Kier molecular flexibility index (Phi) is 2.77. The number of aromatic nitrogens is 3. The van der Waals surface area contributed by atoms with Crippen molar-refractivity contribution in [2.75, 3.05) is 19.9 Å². The molecule has 2 aliphatic rings. The van der Waals surface area contributed by atoms with Gasteiger partial charge in [0.05, 0.1) is 12.2 Å². The maximum Gasteiger partial charge on any atom is 0.254 e. The van der Waals surface area contributed by atoms with Gasteiger partial charge in [0.25, 0.3) is 5.91 Å². The Hall–Kier alpha value is -2.57. The van der Waals surface area contributed by atoms with Crippen molar-refractivity contribution in [1.82, 2.24) is 19.9 Å². The Balaban J connectivity index is 1.51. The smallest absolute Gasteiger partial charge is 0.254 e. The molecular weight excluding hydrogens is 272 g/mol. The van der Waals surface area contributed by atoms with Crippen LogP contribution >= 0.6 is 0 Å². The van der Waals surface area contributed by atoms with E-state index >= 15 is 0 Å². The summed E-state index contributed by atoms with van der Waals surface area (Å²) in [5, 5.41) is 7.82. The van der Waals surface area contributed by atoms with Gasteiger partial charge in [0.2, 0.25) is 6.79 Å². The highest BCUT2D eigenvalue weighted by atomic mass is 16.7. The van der Waals surface area contributed by atoms with Gasteiger partial charge in [0, 0.05) is 24.8 Å². The van der Waals surface area contributed by atoms with Crippen molar-refractivity contribution in [3.8, 4) is 11.5 Å². The second-order valence-electron chi connectivity index (χ2n) is 5.14. The third-order valence-electron chi connectivity index (χ3n) is 3.89. The highest BCUT2D eigenvalue weighted by molar-refractivity contribution is 5.95. The van der Waals surface area contributed by atoms with Crippen molar-refractivity contribution in [3.63, 3.8) is 0 Å². The third kappa shape index (κ3) is 2.10. The van der Waals surface area contributed by atoms with Gasteiger partial charge in [0.1, 0.15) is 0 Å². The Morgan fingerprint density at radius 2 is 2.19 bits per heavy atom. The minimum atomic E-state index is 0.0101. The quantitative estimate of drug-likeness (QED) is 0.826. The molecular formula is C14H14N4O3. The minimum absolute atomic E-state index is 0.0101. The number of fused-ring (bicyclic) bond motifs is 1. The SMILES string of the molecule is O=C(c1ccc2c(c1)OCO2)N1CCC(n2ccnn2)C1. The summed E-state index contributed by atoms with van der Waals surface area (Å²) < 4.78 is 12.4. The first-order valence-corrected chi connectivity index (χ1v) is 6.86. The Labute approximate surface area is 121 Å². The van der Waals surface area contributed by atoms with Gasteiger partial charge in [0.15, 0.2) is 11.5 Å². The van der Waals surface area contributed by atoms with E-state index < -0.39 is 0 Å². The summed E-state index contributed by atoms with van der Waals surface area (Å²) in [6.07, 6.45) is 4.38. The van der Waals surface area contributed by atoms with Crippen molar-refractivity contribution in [2.45, 2.75) is 12.5 Å². The Bertz CT molecular complexity index is 671. The van der Waals surface area contributed by atoms with Gasteiger partial charge in [-0.3, -0.25) is 4.79 Å². The van der Waals surface area contributed by atoms with Crippen molar-refractivity contribution in [3.05, 3.63) is 36.2 Å². The summed E-state index contributed by atoms with van der Waals surface area (Å²) in [5.41, 5.74) is 0.624. The van der Waals surface area contributed by atoms with E-state index in [2.05, 4.69) is 10.3 Å². The van der Waals surface area contributed by atoms with E-state index in [9.17, 15) is 4.79 Å². The number of likely N-dealkylation sites (tertiary alicyclic amines) is 1. The number of amides is 1. The lowest BCUT2D eigenvalue weighted by Gasteiger charge is -2.16. The molecule has 1 aromatic carbocycles. The molecule has 0 spiro atoms. The van der Waals surface area contributed by atoms with Gasteiger partial charge in [-0.2, -0.15) is 0 Å². The van der Waals surface area contributed by atoms with Gasteiger partial charge in [-0.05, 0) is 24.6 Å². The fourth-order valence-electron chi connectivity index (χ4n) is 2.77. The van der Waals surface area contributed by atoms with E-state index in [1.165, 1.54) is 0 Å². The molecule has 7 nitrogen and oxygen atoms in total. The fraction of sp³-hybridized carbons (Fsp3) is 0.357. The molecule has 2 aromatic rings. The molecule has 1 amide bonds. The van der Waals surface area contributed by atoms with E-state index in [4.69, 9.17) is 9.47 Å². The number of nitrogens with zero attached hydrogens (tertiary/aromatic N) is 4. The molecule has 2 aliphatic heterocycles. The molecule has 1 aromatic heterocycles. The molecule has 0 radical (unpaired) electrons. The second-order valence-corrected chi connectivity index (χ2v) is 5.14. The summed E-state index contributed by atoms with van der Waals surface area (Å²) in [5.74, 6) is 1.33. The van der Waals surface area contributed by atoms with Crippen LogP contribution in [0.25, 0.3) is 0 Å². The molecule has 21 heavy (non-hydrogen) atoms. The zero-order valence-corrected chi connectivity index (χ0v) is 11.3. The lowest BCUT2D eigenvalue weighted by Crippen LogP contribution is -2.29. The first-order chi connectivity index (χ1) is 10.3. The molecule has 4 rings (SSSR count). The molecule has 3 heterocycles. The number of benzene rings is 1. The van der Waals surface area contributed by atoms with Crippen LogP contribution in [0.5, 0.6) is 11.5 Å². The van der Waals surface area contributed by atoms with Crippen LogP contribution in [0.15, 0.2) is 30.6 Å².